The molecule has 2 aromatic carbocycles. The number of nitrogens with zero attached hydrogens (tertiary/aromatic N) is 3. The van der Waals surface area contributed by atoms with Crippen LogP contribution in [-0.4, -0.2) is 20.7 Å². The summed E-state index contributed by atoms with van der Waals surface area (Å²) in [6.07, 6.45) is 3.45. The molecule has 5 nitrogen and oxygen atoms in total. The summed E-state index contributed by atoms with van der Waals surface area (Å²) in [4.78, 5) is 17.3. The Labute approximate surface area is 149 Å². The first kappa shape index (κ1) is 15.5. The molecule has 4 aromatic rings. The zero-order valence-electron chi connectivity index (χ0n) is 13.6. The van der Waals surface area contributed by atoms with Crippen molar-refractivity contribution in [2.24, 2.45) is 0 Å². The van der Waals surface area contributed by atoms with Crippen molar-refractivity contribution >= 4 is 33.1 Å². The molecule has 0 fully saturated rings. The fourth-order valence-electron chi connectivity index (χ4n) is 2.63. The Balaban J connectivity index is 1.66. The quantitative estimate of drug-likeness (QED) is 0.596. The highest BCUT2D eigenvalue weighted by atomic mass is 32.1. The van der Waals surface area contributed by atoms with Crippen molar-refractivity contribution < 1.29 is 4.79 Å². The van der Waals surface area contributed by atoms with Crippen molar-refractivity contribution in [2.45, 2.75) is 13.0 Å². The van der Waals surface area contributed by atoms with Crippen LogP contribution >= 0.6 is 11.3 Å². The van der Waals surface area contributed by atoms with Crippen LogP contribution in [0.25, 0.3) is 20.8 Å². The molecule has 0 aliphatic heterocycles. The molecule has 6 heteroatoms. The standard InChI is InChI=1S/C19H16N4OS/c1-13(23-12-6-11-20-23)18(24)21-15-8-3-2-7-14(15)19-22-16-9-4-5-10-17(16)25-19/h2-13H,1H3,(H,21,24). The number of amides is 1. The Morgan fingerprint density at radius 2 is 1.92 bits per heavy atom. The van der Waals surface area contributed by atoms with Crippen LogP contribution in [0.4, 0.5) is 5.69 Å². The number of thiazole rings is 1. The van der Waals surface area contributed by atoms with Gasteiger partial charge in [0.25, 0.3) is 0 Å². The van der Waals surface area contributed by atoms with Gasteiger partial charge in [-0.3, -0.25) is 9.48 Å². The SMILES string of the molecule is CC(C(=O)Nc1ccccc1-c1nc2ccccc2s1)n1cccn1. The second-order valence-corrected chi connectivity index (χ2v) is 6.71. The van der Waals surface area contributed by atoms with E-state index in [0.29, 0.717) is 0 Å². The van der Waals surface area contributed by atoms with E-state index in [2.05, 4.69) is 16.5 Å². The van der Waals surface area contributed by atoms with Crippen molar-refractivity contribution in [3.8, 4) is 10.6 Å². The minimum Gasteiger partial charge on any atom is -0.324 e. The molecule has 1 unspecified atom stereocenters. The van der Waals surface area contributed by atoms with Gasteiger partial charge in [0.05, 0.1) is 15.9 Å². The van der Waals surface area contributed by atoms with E-state index in [1.54, 1.807) is 34.5 Å². The van der Waals surface area contributed by atoms with Gasteiger partial charge in [-0.1, -0.05) is 24.3 Å². The van der Waals surface area contributed by atoms with Gasteiger partial charge < -0.3 is 5.32 Å². The van der Waals surface area contributed by atoms with E-state index in [1.165, 1.54) is 0 Å². The molecule has 0 saturated heterocycles. The van der Waals surface area contributed by atoms with Crippen molar-refractivity contribution in [3.63, 3.8) is 0 Å². The zero-order valence-corrected chi connectivity index (χ0v) is 14.4. The van der Waals surface area contributed by atoms with E-state index < -0.39 is 6.04 Å². The van der Waals surface area contributed by atoms with E-state index in [0.717, 1.165) is 26.5 Å². The molecule has 2 aromatic heterocycles. The molecule has 0 aliphatic rings. The van der Waals surface area contributed by atoms with Crippen LogP contribution in [-0.2, 0) is 4.79 Å². The summed E-state index contributed by atoms with van der Waals surface area (Å²) >= 11 is 1.62. The lowest BCUT2D eigenvalue weighted by Crippen LogP contribution is -2.24. The van der Waals surface area contributed by atoms with E-state index in [4.69, 9.17) is 4.98 Å². The first-order chi connectivity index (χ1) is 12.2. The molecule has 25 heavy (non-hydrogen) atoms. The number of rotatable bonds is 4. The fraction of sp³-hybridized carbons (Fsp3) is 0.105. The van der Waals surface area contributed by atoms with Crippen molar-refractivity contribution in [2.75, 3.05) is 5.32 Å². The third-order valence-electron chi connectivity index (χ3n) is 4.01. The highest BCUT2D eigenvalue weighted by molar-refractivity contribution is 7.21. The predicted molar refractivity (Wildman–Crippen MR) is 101 cm³/mol. The number of para-hydroxylation sites is 2. The number of hydrogen-bond donors (Lipinski definition) is 1. The molecular weight excluding hydrogens is 332 g/mol. The van der Waals surface area contributed by atoms with Crippen LogP contribution < -0.4 is 5.32 Å². The van der Waals surface area contributed by atoms with Gasteiger partial charge in [-0.2, -0.15) is 5.10 Å². The Hall–Kier alpha value is -2.99. The van der Waals surface area contributed by atoms with Crippen LogP contribution in [0.2, 0.25) is 0 Å². The topological polar surface area (TPSA) is 59.8 Å². The molecule has 0 radical (unpaired) electrons. The number of hydrogen-bond acceptors (Lipinski definition) is 4. The average Bonchev–Trinajstić information content (AvgIpc) is 3.31. The van der Waals surface area contributed by atoms with Gasteiger partial charge >= 0.3 is 0 Å². The van der Waals surface area contributed by atoms with E-state index in [-0.39, 0.29) is 5.91 Å². The number of carbonyl (C=O) groups is 1. The van der Waals surface area contributed by atoms with Crippen LogP contribution in [0.1, 0.15) is 13.0 Å². The third-order valence-corrected chi connectivity index (χ3v) is 5.08. The maximum Gasteiger partial charge on any atom is 0.248 e. The normalized spacial score (nSPS) is 12.2. The molecule has 0 saturated carbocycles. The lowest BCUT2D eigenvalue weighted by Gasteiger charge is -2.14. The minimum atomic E-state index is -0.390. The van der Waals surface area contributed by atoms with Gasteiger partial charge in [-0.25, -0.2) is 4.98 Å². The molecule has 0 bridgehead atoms. The van der Waals surface area contributed by atoms with Crippen molar-refractivity contribution in [3.05, 3.63) is 67.0 Å². The molecular formula is C19H16N4OS. The number of carbonyl (C=O) groups excluding carboxylic acids is 1. The van der Waals surface area contributed by atoms with Crippen LogP contribution in [0.15, 0.2) is 67.0 Å². The lowest BCUT2D eigenvalue weighted by atomic mass is 10.1. The lowest BCUT2D eigenvalue weighted by molar-refractivity contribution is -0.119. The number of aromatic nitrogens is 3. The molecule has 124 valence electrons. The molecule has 2 heterocycles. The van der Waals surface area contributed by atoms with E-state index in [1.807, 2.05) is 49.4 Å². The summed E-state index contributed by atoms with van der Waals surface area (Å²) < 4.78 is 2.76. The van der Waals surface area contributed by atoms with Gasteiger partial charge in [-0.05, 0) is 37.3 Å². The maximum absolute atomic E-state index is 12.6. The Morgan fingerprint density at radius 3 is 2.72 bits per heavy atom. The van der Waals surface area contributed by atoms with Crippen LogP contribution in [0, 0.1) is 0 Å². The van der Waals surface area contributed by atoms with Gasteiger partial charge in [-0.15, -0.1) is 11.3 Å². The summed E-state index contributed by atoms with van der Waals surface area (Å²) in [6.45, 7) is 1.82. The number of benzene rings is 2. The average molecular weight is 348 g/mol. The first-order valence-electron chi connectivity index (χ1n) is 7.97. The molecule has 1 amide bonds. The zero-order chi connectivity index (χ0) is 17.2. The predicted octanol–water partition coefficient (Wildman–Crippen LogP) is 4.36. The van der Waals surface area contributed by atoms with Crippen LogP contribution in [0.3, 0.4) is 0 Å². The summed E-state index contributed by atoms with van der Waals surface area (Å²) in [5.74, 6) is -0.114. The summed E-state index contributed by atoms with van der Waals surface area (Å²) in [6, 6.07) is 17.2. The molecule has 4 rings (SSSR count). The van der Waals surface area contributed by atoms with Crippen molar-refractivity contribution in [1.29, 1.82) is 0 Å². The Bertz CT molecular complexity index is 990. The highest BCUT2D eigenvalue weighted by Gasteiger charge is 2.17. The third kappa shape index (κ3) is 3.04. The minimum absolute atomic E-state index is 0.114. The maximum atomic E-state index is 12.6. The molecule has 1 atom stereocenters. The summed E-state index contributed by atoms with van der Waals surface area (Å²) in [5.41, 5.74) is 2.64. The molecule has 1 N–H and O–H groups in total. The van der Waals surface area contributed by atoms with Crippen molar-refractivity contribution in [1.82, 2.24) is 14.8 Å². The number of anilines is 1. The van der Waals surface area contributed by atoms with E-state index in [9.17, 15) is 4.79 Å². The monoisotopic (exact) mass is 348 g/mol. The van der Waals surface area contributed by atoms with Gasteiger partial charge in [0, 0.05) is 18.0 Å². The second-order valence-electron chi connectivity index (χ2n) is 5.68. The Kier molecular flexibility index (Phi) is 4.03. The van der Waals surface area contributed by atoms with Gasteiger partial charge in [0.2, 0.25) is 5.91 Å². The molecule has 0 aliphatic carbocycles. The second kappa shape index (κ2) is 6.49. The fourth-order valence-corrected chi connectivity index (χ4v) is 3.64. The summed E-state index contributed by atoms with van der Waals surface area (Å²) in [5, 5.41) is 8.03. The largest absolute Gasteiger partial charge is 0.324 e. The van der Waals surface area contributed by atoms with E-state index >= 15 is 0 Å². The highest BCUT2D eigenvalue weighted by Crippen LogP contribution is 2.34. The van der Waals surface area contributed by atoms with Gasteiger partial charge in [0.15, 0.2) is 0 Å². The van der Waals surface area contributed by atoms with Crippen LogP contribution in [0.5, 0.6) is 0 Å². The number of nitrogens with one attached hydrogen (secondary N) is 1. The number of fused-ring (bicyclic) bond motifs is 1. The smallest absolute Gasteiger partial charge is 0.248 e. The first-order valence-corrected chi connectivity index (χ1v) is 8.79. The molecule has 0 spiro atoms. The Morgan fingerprint density at radius 1 is 1.12 bits per heavy atom. The van der Waals surface area contributed by atoms with Gasteiger partial charge in [0.1, 0.15) is 11.0 Å². The summed E-state index contributed by atoms with van der Waals surface area (Å²) in [7, 11) is 0.